The van der Waals surface area contributed by atoms with E-state index in [4.69, 9.17) is 9.26 Å². The highest BCUT2D eigenvalue weighted by Gasteiger charge is 2.30. The lowest BCUT2D eigenvalue weighted by molar-refractivity contribution is 0.0516. The smallest absolute Gasteiger partial charge is 0.233 e. The summed E-state index contributed by atoms with van der Waals surface area (Å²) >= 11 is 0. The number of hydrogen-bond acceptors (Lipinski definition) is 5. The van der Waals surface area contributed by atoms with Gasteiger partial charge in [0, 0.05) is 18.2 Å². The lowest BCUT2D eigenvalue weighted by Crippen LogP contribution is -2.39. The molecule has 1 aliphatic rings. The molecule has 0 amide bonds. The van der Waals surface area contributed by atoms with Crippen LogP contribution in [0.15, 0.2) is 28.8 Å². The molecule has 1 aromatic carbocycles. The Hall–Kier alpha value is -1.72. The van der Waals surface area contributed by atoms with Gasteiger partial charge in [-0.2, -0.15) is 4.98 Å². The minimum Gasteiger partial charge on any atom is -0.381 e. The molecule has 106 valence electrons. The van der Waals surface area contributed by atoms with Crippen LogP contribution in [-0.2, 0) is 4.74 Å². The van der Waals surface area contributed by atoms with E-state index in [9.17, 15) is 0 Å². The van der Waals surface area contributed by atoms with Gasteiger partial charge in [0.1, 0.15) is 0 Å². The Morgan fingerprint density at radius 1 is 1.25 bits per heavy atom. The molecule has 3 rings (SSSR count). The highest BCUT2D eigenvalue weighted by molar-refractivity contribution is 5.54. The Morgan fingerprint density at radius 3 is 2.80 bits per heavy atom. The second kappa shape index (κ2) is 5.73. The van der Waals surface area contributed by atoms with E-state index in [0.29, 0.717) is 24.4 Å². The van der Waals surface area contributed by atoms with E-state index in [-0.39, 0.29) is 5.92 Å². The van der Waals surface area contributed by atoms with Crippen LogP contribution >= 0.6 is 0 Å². The molecule has 1 aliphatic heterocycles. The number of rotatable bonds is 3. The van der Waals surface area contributed by atoms with E-state index in [1.165, 1.54) is 5.56 Å². The fourth-order valence-corrected chi connectivity index (χ4v) is 2.53. The van der Waals surface area contributed by atoms with Crippen molar-refractivity contribution in [1.82, 2.24) is 15.5 Å². The zero-order chi connectivity index (χ0) is 13.9. The number of nitrogens with zero attached hydrogens (tertiary/aromatic N) is 2. The number of aromatic nitrogens is 2. The number of likely N-dealkylation sites (N-methyl/N-ethyl adjacent to an activating group) is 1. The molecular formula is C15H19N3O2. The summed E-state index contributed by atoms with van der Waals surface area (Å²) in [7, 11) is 1.96. The van der Waals surface area contributed by atoms with Crippen LogP contribution in [0.4, 0.5) is 0 Å². The molecule has 1 N–H and O–H groups in total. The Morgan fingerprint density at radius 2 is 2.05 bits per heavy atom. The molecule has 0 aliphatic carbocycles. The number of nitrogens with one attached hydrogen (secondary N) is 1. The molecule has 5 nitrogen and oxygen atoms in total. The van der Waals surface area contributed by atoms with E-state index in [0.717, 1.165) is 18.6 Å². The van der Waals surface area contributed by atoms with E-state index >= 15 is 0 Å². The normalized spacial score (nSPS) is 22.9. The fraction of sp³-hybridized carbons (Fsp3) is 0.467. The lowest BCUT2D eigenvalue weighted by Gasteiger charge is -2.28. The molecule has 2 aromatic rings. The molecule has 0 radical (unpaired) electrons. The van der Waals surface area contributed by atoms with Gasteiger partial charge in [0.25, 0.3) is 0 Å². The van der Waals surface area contributed by atoms with Gasteiger partial charge in [-0.25, -0.2) is 0 Å². The van der Waals surface area contributed by atoms with E-state index in [1.807, 2.05) is 31.3 Å². The summed E-state index contributed by atoms with van der Waals surface area (Å²) in [6.45, 7) is 3.46. The summed E-state index contributed by atoms with van der Waals surface area (Å²) in [5.74, 6) is 1.42. The van der Waals surface area contributed by atoms with Gasteiger partial charge in [-0.05, 0) is 20.4 Å². The van der Waals surface area contributed by atoms with E-state index in [1.54, 1.807) is 0 Å². The molecule has 5 heteroatoms. The van der Waals surface area contributed by atoms with Crippen LogP contribution in [-0.4, -0.2) is 36.4 Å². The van der Waals surface area contributed by atoms with Gasteiger partial charge in [0.2, 0.25) is 11.7 Å². The topological polar surface area (TPSA) is 60.2 Å². The van der Waals surface area contributed by atoms with Crippen molar-refractivity contribution in [3.8, 4) is 11.4 Å². The van der Waals surface area contributed by atoms with E-state index in [2.05, 4.69) is 22.4 Å². The maximum Gasteiger partial charge on any atom is 0.233 e. The summed E-state index contributed by atoms with van der Waals surface area (Å²) < 4.78 is 11.0. The van der Waals surface area contributed by atoms with Crippen molar-refractivity contribution in [3.63, 3.8) is 0 Å². The standard InChI is InChI=1S/C15H19N3O2/c1-10-3-5-11(6-4-10)14-17-15(20-18-14)12-9-19-8-7-13(12)16-2/h3-6,12-13,16H,7-9H2,1-2H3. The van der Waals surface area contributed by atoms with Crippen LogP contribution in [0.2, 0.25) is 0 Å². The van der Waals surface area contributed by atoms with Gasteiger partial charge in [0.05, 0.1) is 12.5 Å². The highest BCUT2D eigenvalue weighted by Crippen LogP contribution is 2.26. The van der Waals surface area contributed by atoms with Crippen molar-refractivity contribution < 1.29 is 9.26 Å². The molecule has 2 atom stereocenters. The molecule has 0 saturated carbocycles. The third-order valence-electron chi connectivity index (χ3n) is 3.80. The third-order valence-corrected chi connectivity index (χ3v) is 3.80. The molecule has 0 spiro atoms. The summed E-state index contributed by atoms with van der Waals surface area (Å²) in [4.78, 5) is 4.53. The van der Waals surface area contributed by atoms with Crippen LogP contribution in [0.25, 0.3) is 11.4 Å². The maximum absolute atomic E-state index is 5.53. The van der Waals surface area contributed by atoms with Crippen molar-refractivity contribution in [2.75, 3.05) is 20.3 Å². The zero-order valence-electron chi connectivity index (χ0n) is 11.8. The van der Waals surface area contributed by atoms with Crippen LogP contribution in [0.5, 0.6) is 0 Å². The Bertz CT molecular complexity index is 565. The second-order valence-corrected chi connectivity index (χ2v) is 5.19. The lowest BCUT2D eigenvalue weighted by atomic mass is 9.96. The minimum atomic E-state index is 0.125. The molecule has 20 heavy (non-hydrogen) atoms. The van der Waals surface area contributed by atoms with Crippen LogP contribution in [0, 0.1) is 6.92 Å². The van der Waals surface area contributed by atoms with Crippen molar-refractivity contribution in [2.24, 2.45) is 0 Å². The zero-order valence-corrected chi connectivity index (χ0v) is 11.8. The fourth-order valence-electron chi connectivity index (χ4n) is 2.53. The Labute approximate surface area is 118 Å². The molecule has 1 aromatic heterocycles. The van der Waals surface area contributed by atoms with Crippen molar-refractivity contribution in [2.45, 2.75) is 25.3 Å². The predicted molar refractivity (Wildman–Crippen MR) is 75.5 cm³/mol. The number of ether oxygens (including phenoxy) is 1. The molecule has 0 bridgehead atoms. The monoisotopic (exact) mass is 273 g/mol. The van der Waals surface area contributed by atoms with Gasteiger partial charge in [0.15, 0.2) is 0 Å². The van der Waals surface area contributed by atoms with Gasteiger partial charge in [-0.15, -0.1) is 0 Å². The number of hydrogen-bond donors (Lipinski definition) is 1. The first-order valence-corrected chi connectivity index (χ1v) is 6.93. The van der Waals surface area contributed by atoms with Gasteiger partial charge in [-0.1, -0.05) is 35.0 Å². The highest BCUT2D eigenvalue weighted by atomic mass is 16.5. The van der Waals surface area contributed by atoms with Crippen LogP contribution in [0.1, 0.15) is 23.8 Å². The maximum atomic E-state index is 5.53. The number of aryl methyl sites for hydroxylation is 1. The average Bonchev–Trinajstić information content (AvgIpc) is 2.97. The minimum absolute atomic E-state index is 0.125. The third kappa shape index (κ3) is 2.59. The molecule has 2 heterocycles. The predicted octanol–water partition coefficient (Wildman–Crippen LogP) is 2.14. The van der Waals surface area contributed by atoms with E-state index < -0.39 is 0 Å². The van der Waals surface area contributed by atoms with Crippen molar-refractivity contribution in [3.05, 3.63) is 35.7 Å². The molecule has 1 saturated heterocycles. The van der Waals surface area contributed by atoms with Crippen molar-refractivity contribution in [1.29, 1.82) is 0 Å². The second-order valence-electron chi connectivity index (χ2n) is 5.19. The van der Waals surface area contributed by atoms with Gasteiger partial charge < -0.3 is 14.6 Å². The Balaban J connectivity index is 1.84. The summed E-state index contributed by atoms with van der Waals surface area (Å²) in [5, 5.41) is 7.39. The van der Waals surface area contributed by atoms with Gasteiger partial charge in [-0.3, -0.25) is 0 Å². The largest absolute Gasteiger partial charge is 0.381 e. The van der Waals surface area contributed by atoms with Gasteiger partial charge >= 0.3 is 0 Å². The van der Waals surface area contributed by atoms with Crippen LogP contribution in [0.3, 0.4) is 0 Å². The molecular weight excluding hydrogens is 254 g/mol. The Kier molecular flexibility index (Phi) is 3.80. The SMILES string of the molecule is CNC1CCOCC1c1nc(-c2ccc(C)cc2)no1. The summed E-state index contributed by atoms with van der Waals surface area (Å²) in [6.07, 6.45) is 0.962. The number of benzene rings is 1. The molecule has 2 unspecified atom stereocenters. The first-order valence-electron chi connectivity index (χ1n) is 6.93. The first kappa shape index (κ1) is 13.3. The molecule has 1 fully saturated rings. The average molecular weight is 273 g/mol. The summed E-state index contributed by atoms with van der Waals surface area (Å²) in [6, 6.07) is 8.44. The van der Waals surface area contributed by atoms with Crippen molar-refractivity contribution >= 4 is 0 Å². The quantitative estimate of drug-likeness (QED) is 0.928. The van der Waals surface area contributed by atoms with Crippen LogP contribution < -0.4 is 5.32 Å². The summed E-state index contributed by atoms with van der Waals surface area (Å²) in [5.41, 5.74) is 2.19. The first-order chi connectivity index (χ1) is 9.78.